The first kappa shape index (κ1) is 13.8. The Labute approximate surface area is 111 Å². The van der Waals surface area contributed by atoms with Crippen LogP contribution in [0, 0.1) is 5.82 Å². The van der Waals surface area contributed by atoms with Gasteiger partial charge in [-0.2, -0.15) is 0 Å². The van der Waals surface area contributed by atoms with Crippen LogP contribution < -0.4 is 4.72 Å². The van der Waals surface area contributed by atoms with E-state index in [1.54, 1.807) is 19.3 Å². The van der Waals surface area contributed by atoms with Gasteiger partial charge in [0.25, 0.3) is 0 Å². The van der Waals surface area contributed by atoms with E-state index in [9.17, 15) is 12.8 Å². The van der Waals surface area contributed by atoms with Gasteiger partial charge in [-0.15, -0.1) is 0 Å². The second kappa shape index (κ2) is 5.54. The summed E-state index contributed by atoms with van der Waals surface area (Å²) in [5.41, 5.74) is 0.898. The predicted octanol–water partition coefficient (Wildman–Crippen LogP) is 2.33. The third-order valence-electron chi connectivity index (χ3n) is 2.58. The quantitative estimate of drug-likeness (QED) is 0.916. The molecular formula is C13H14FNO3S. The summed E-state index contributed by atoms with van der Waals surface area (Å²) in [7, 11) is -3.71. The first-order valence-corrected chi connectivity index (χ1v) is 7.25. The molecule has 2 rings (SSSR count). The topological polar surface area (TPSA) is 59.3 Å². The van der Waals surface area contributed by atoms with E-state index in [0.717, 1.165) is 11.6 Å². The normalized spacial score (nSPS) is 13.4. The van der Waals surface area contributed by atoms with Crippen molar-refractivity contribution in [3.05, 3.63) is 54.2 Å². The van der Waals surface area contributed by atoms with E-state index in [1.807, 2.05) is 0 Å². The first-order chi connectivity index (χ1) is 8.97. The molecule has 1 N–H and O–H groups in total. The van der Waals surface area contributed by atoms with E-state index in [-0.39, 0.29) is 10.9 Å². The van der Waals surface area contributed by atoms with Crippen LogP contribution in [0.4, 0.5) is 4.39 Å². The Bertz CT molecular complexity index is 638. The molecule has 102 valence electrons. The molecule has 0 bridgehead atoms. The average Bonchev–Trinajstić information content (AvgIpc) is 2.81. The van der Waals surface area contributed by atoms with E-state index in [0.29, 0.717) is 6.42 Å². The minimum atomic E-state index is -3.71. The van der Waals surface area contributed by atoms with Gasteiger partial charge >= 0.3 is 0 Å². The lowest BCUT2D eigenvalue weighted by Crippen LogP contribution is -2.34. The molecule has 0 saturated heterocycles. The second-order valence-corrected chi connectivity index (χ2v) is 6.03. The molecule has 0 unspecified atom stereocenters. The predicted molar refractivity (Wildman–Crippen MR) is 68.6 cm³/mol. The van der Waals surface area contributed by atoms with Gasteiger partial charge in [0, 0.05) is 6.04 Å². The summed E-state index contributed by atoms with van der Waals surface area (Å²) in [6, 6.07) is 6.37. The molecule has 0 aliphatic carbocycles. The van der Waals surface area contributed by atoms with Crippen LogP contribution in [0.25, 0.3) is 0 Å². The van der Waals surface area contributed by atoms with Crippen molar-refractivity contribution in [2.75, 3.05) is 0 Å². The minimum absolute atomic E-state index is 0.0773. The third kappa shape index (κ3) is 3.65. The molecule has 1 atom stereocenters. The monoisotopic (exact) mass is 283 g/mol. The SMILES string of the molecule is C[C@H](Cc1ccoc1)NS(=O)(=O)c1cccc(F)c1. The Balaban J connectivity index is 2.09. The summed E-state index contributed by atoms with van der Waals surface area (Å²) >= 11 is 0. The van der Waals surface area contributed by atoms with Crippen molar-refractivity contribution >= 4 is 10.0 Å². The summed E-state index contributed by atoms with van der Waals surface area (Å²) in [6.45, 7) is 1.74. The Kier molecular flexibility index (Phi) is 4.01. The molecule has 1 heterocycles. The molecule has 6 heteroatoms. The van der Waals surface area contributed by atoms with Crippen molar-refractivity contribution < 1.29 is 17.2 Å². The largest absolute Gasteiger partial charge is 0.472 e. The zero-order chi connectivity index (χ0) is 13.9. The molecule has 0 saturated carbocycles. The maximum absolute atomic E-state index is 13.0. The lowest BCUT2D eigenvalue weighted by atomic mass is 10.1. The van der Waals surface area contributed by atoms with Crippen LogP contribution in [0.3, 0.4) is 0 Å². The van der Waals surface area contributed by atoms with E-state index in [1.165, 1.54) is 24.5 Å². The number of benzene rings is 1. The molecule has 4 nitrogen and oxygen atoms in total. The molecular weight excluding hydrogens is 269 g/mol. The number of hydrogen-bond acceptors (Lipinski definition) is 3. The standard InChI is InChI=1S/C13H14FNO3S/c1-10(7-11-5-6-18-9-11)15-19(16,17)13-4-2-3-12(14)8-13/h2-6,8-10,15H,7H2,1H3/t10-/m1/s1. The van der Waals surface area contributed by atoms with Crippen molar-refractivity contribution in [1.29, 1.82) is 0 Å². The molecule has 0 amide bonds. The molecule has 1 aromatic carbocycles. The Hall–Kier alpha value is -1.66. The lowest BCUT2D eigenvalue weighted by molar-refractivity contribution is 0.548. The van der Waals surface area contributed by atoms with Crippen molar-refractivity contribution in [2.24, 2.45) is 0 Å². The van der Waals surface area contributed by atoms with Crippen LogP contribution in [-0.4, -0.2) is 14.5 Å². The van der Waals surface area contributed by atoms with Gasteiger partial charge < -0.3 is 4.42 Å². The van der Waals surface area contributed by atoms with E-state index >= 15 is 0 Å². The van der Waals surface area contributed by atoms with Crippen molar-refractivity contribution in [1.82, 2.24) is 4.72 Å². The Morgan fingerprint density at radius 2 is 2.16 bits per heavy atom. The molecule has 0 fully saturated rings. The number of furan rings is 1. The van der Waals surface area contributed by atoms with Crippen LogP contribution in [0.1, 0.15) is 12.5 Å². The molecule has 0 aliphatic heterocycles. The van der Waals surface area contributed by atoms with E-state index < -0.39 is 15.8 Å². The van der Waals surface area contributed by atoms with Gasteiger partial charge in [0.05, 0.1) is 17.4 Å². The van der Waals surface area contributed by atoms with Crippen molar-refractivity contribution in [2.45, 2.75) is 24.3 Å². The highest BCUT2D eigenvalue weighted by molar-refractivity contribution is 7.89. The van der Waals surface area contributed by atoms with Gasteiger partial charge in [0.15, 0.2) is 0 Å². The second-order valence-electron chi connectivity index (χ2n) is 4.32. The average molecular weight is 283 g/mol. The van der Waals surface area contributed by atoms with Crippen LogP contribution in [0.5, 0.6) is 0 Å². The van der Waals surface area contributed by atoms with Gasteiger partial charge in [0.1, 0.15) is 5.82 Å². The zero-order valence-corrected chi connectivity index (χ0v) is 11.2. The number of hydrogen-bond donors (Lipinski definition) is 1. The highest BCUT2D eigenvalue weighted by Gasteiger charge is 2.18. The number of halogens is 1. The first-order valence-electron chi connectivity index (χ1n) is 5.76. The fourth-order valence-electron chi connectivity index (χ4n) is 1.77. The van der Waals surface area contributed by atoms with Crippen LogP contribution in [0.2, 0.25) is 0 Å². The maximum atomic E-state index is 13.0. The summed E-state index contributed by atoms with van der Waals surface area (Å²) in [5.74, 6) is -0.578. The van der Waals surface area contributed by atoms with Crippen LogP contribution >= 0.6 is 0 Å². The molecule has 0 aliphatic rings. The van der Waals surface area contributed by atoms with Gasteiger partial charge in [-0.25, -0.2) is 17.5 Å². The van der Waals surface area contributed by atoms with E-state index in [2.05, 4.69) is 4.72 Å². The fourth-order valence-corrected chi connectivity index (χ4v) is 3.05. The zero-order valence-electron chi connectivity index (χ0n) is 10.3. The van der Waals surface area contributed by atoms with Crippen molar-refractivity contribution in [3.63, 3.8) is 0 Å². The summed E-state index contributed by atoms with van der Waals surface area (Å²) in [5, 5.41) is 0. The Morgan fingerprint density at radius 3 is 2.79 bits per heavy atom. The highest BCUT2D eigenvalue weighted by atomic mass is 32.2. The van der Waals surface area contributed by atoms with Gasteiger partial charge in [0.2, 0.25) is 10.0 Å². The minimum Gasteiger partial charge on any atom is -0.472 e. The summed E-state index contributed by atoms with van der Waals surface area (Å²) in [4.78, 5) is -0.0773. The highest BCUT2D eigenvalue weighted by Crippen LogP contribution is 2.12. The van der Waals surface area contributed by atoms with E-state index in [4.69, 9.17) is 4.42 Å². The molecule has 0 spiro atoms. The summed E-state index contributed by atoms with van der Waals surface area (Å²) in [6.07, 6.45) is 3.60. The Morgan fingerprint density at radius 1 is 1.37 bits per heavy atom. The maximum Gasteiger partial charge on any atom is 0.240 e. The van der Waals surface area contributed by atoms with Crippen LogP contribution in [0.15, 0.2) is 52.2 Å². The van der Waals surface area contributed by atoms with Gasteiger partial charge in [-0.05, 0) is 43.2 Å². The van der Waals surface area contributed by atoms with Crippen LogP contribution in [-0.2, 0) is 16.4 Å². The smallest absolute Gasteiger partial charge is 0.240 e. The number of nitrogens with one attached hydrogen (secondary N) is 1. The van der Waals surface area contributed by atoms with Gasteiger partial charge in [-0.3, -0.25) is 0 Å². The number of sulfonamides is 1. The van der Waals surface area contributed by atoms with Gasteiger partial charge in [-0.1, -0.05) is 6.07 Å². The fraction of sp³-hybridized carbons (Fsp3) is 0.231. The summed E-state index contributed by atoms with van der Waals surface area (Å²) < 4.78 is 44.5. The number of rotatable bonds is 5. The molecule has 19 heavy (non-hydrogen) atoms. The third-order valence-corrected chi connectivity index (χ3v) is 4.17. The lowest BCUT2D eigenvalue weighted by Gasteiger charge is -2.13. The molecule has 1 aromatic heterocycles. The van der Waals surface area contributed by atoms with Crippen molar-refractivity contribution in [3.8, 4) is 0 Å². The molecule has 2 aromatic rings. The molecule has 0 radical (unpaired) electrons.